The molecule has 23 heavy (non-hydrogen) atoms. The van der Waals surface area contributed by atoms with Gasteiger partial charge in [0.15, 0.2) is 5.96 Å². The van der Waals surface area contributed by atoms with E-state index in [2.05, 4.69) is 56.0 Å². The Balaban J connectivity index is 0.00000484. The molecule has 4 nitrogen and oxygen atoms in total. The van der Waals surface area contributed by atoms with Gasteiger partial charge >= 0.3 is 0 Å². The minimum Gasteiger partial charge on any atom is -0.357 e. The summed E-state index contributed by atoms with van der Waals surface area (Å²) in [6.07, 6.45) is 3.45. The smallest absolute Gasteiger partial charge is 0.193 e. The van der Waals surface area contributed by atoms with Crippen molar-refractivity contribution in [2.75, 3.05) is 52.1 Å². The zero-order valence-corrected chi connectivity index (χ0v) is 19.0. The highest BCUT2D eigenvalue weighted by atomic mass is 127. The van der Waals surface area contributed by atoms with Crippen molar-refractivity contribution in [3.05, 3.63) is 0 Å². The summed E-state index contributed by atoms with van der Waals surface area (Å²) >= 11 is 1.88. The van der Waals surface area contributed by atoms with Gasteiger partial charge in [-0.15, -0.1) is 24.0 Å². The van der Waals surface area contributed by atoms with Gasteiger partial charge in [0.2, 0.25) is 0 Å². The number of nitrogens with zero attached hydrogens (tertiary/aromatic N) is 3. The Morgan fingerprint density at radius 2 is 1.96 bits per heavy atom. The number of hydrogen-bond acceptors (Lipinski definition) is 3. The Bertz CT molecular complexity index is 345. The molecule has 0 aromatic rings. The van der Waals surface area contributed by atoms with Gasteiger partial charge in [-0.2, -0.15) is 11.8 Å². The van der Waals surface area contributed by atoms with E-state index in [0.717, 1.165) is 51.1 Å². The molecule has 1 heterocycles. The van der Waals surface area contributed by atoms with E-state index in [1.165, 1.54) is 13.0 Å². The lowest BCUT2D eigenvalue weighted by molar-refractivity contribution is 0.255. The van der Waals surface area contributed by atoms with Gasteiger partial charge in [-0.05, 0) is 52.5 Å². The van der Waals surface area contributed by atoms with Crippen LogP contribution >= 0.6 is 35.7 Å². The molecule has 0 saturated carbocycles. The number of likely N-dealkylation sites (tertiary alicyclic amines) is 1. The van der Waals surface area contributed by atoms with Gasteiger partial charge in [0.1, 0.15) is 0 Å². The number of halogens is 1. The number of hydrogen-bond donors (Lipinski definition) is 1. The van der Waals surface area contributed by atoms with E-state index >= 15 is 0 Å². The fourth-order valence-corrected chi connectivity index (χ4v) is 2.97. The molecule has 0 aromatic heterocycles. The normalized spacial score (nSPS) is 19.2. The van der Waals surface area contributed by atoms with Crippen LogP contribution in [0.3, 0.4) is 0 Å². The SMILES string of the molecule is CCNC(=NCC(C)(C)SC)N1CCC(CN(CC)CC)C1.I. The van der Waals surface area contributed by atoms with Crippen molar-refractivity contribution in [3.8, 4) is 0 Å². The summed E-state index contributed by atoms with van der Waals surface area (Å²) in [5.41, 5.74) is 0. The maximum absolute atomic E-state index is 4.89. The van der Waals surface area contributed by atoms with Gasteiger partial charge in [0, 0.05) is 30.9 Å². The van der Waals surface area contributed by atoms with E-state index in [0.29, 0.717) is 0 Å². The fraction of sp³-hybridized carbons (Fsp3) is 0.941. The topological polar surface area (TPSA) is 30.9 Å². The number of aliphatic imine (C=N–C) groups is 1. The van der Waals surface area contributed by atoms with Gasteiger partial charge in [-0.3, -0.25) is 4.99 Å². The first-order valence-corrected chi connectivity index (χ1v) is 9.98. The van der Waals surface area contributed by atoms with Crippen molar-refractivity contribution in [2.45, 2.75) is 45.8 Å². The Hall–Kier alpha value is 0.310. The molecule has 1 aliphatic heterocycles. The van der Waals surface area contributed by atoms with Crippen LogP contribution in [-0.2, 0) is 0 Å². The molecule has 1 rings (SSSR count). The van der Waals surface area contributed by atoms with Gasteiger partial charge in [-0.25, -0.2) is 0 Å². The third-order valence-corrected chi connectivity index (χ3v) is 5.73. The molecular weight excluding hydrogens is 419 g/mol. The van der Waals surface area contributed by atoms with E-state index in [4.69, 9.17) is 4.99 Å². The molecule has 1 unspecified atom stereocenters. The Morgan fingerprint density at radius 3 is 2.48 bits per heavy atom. The van der Waals surface area contributed by atoms with Crippen LogP contribution < -0.4 is 5.32 Å². The molecule has 0 aromatic carbocycles. The van der Waals surface area contributed by atoms with Crippen LogP contribution in [0.2, 0.25) is 0 Å². The van der Waals surface area contributed by atoms with Crippen molar-refractivity contribution in [1.29, 1.82) is 0 Å². The van der Waals surface area contributed by atoms with E-state index in [1.54, 1.807) is 0 Å². The molecule has 0 aliphatic carbocycles. The number of guanidine groups is 1. The molecule has 1 N–H and O–H groups in total. The second-order valence-electron chi connectivity index (χ2n) is 6.72. The average Bonchev–Trinajstić information content (AvgIpc) is 2.97. The zero-order chi connectivity index (χ0) is 16.6. The monoisotopic (exact) mass is 456 g/mol. The summed E-state index contributed by atoms with van der Waals surface area (Å²) < 4.78 is 0.209. The lowest BCUT2D eigenvalue weighted by Gasteiger charge is -2.26. The second-order valence-corrected chi connectivity index (χ2v) is 8.23. The van der Waals surface area contributed by atoms with Crippen LogP contribution in [0.1, 0.15) is 41.0 Å². The lowest BCUT2D eigenvalue weighted by Crippen LogP contribution is -2.41. The lowest BCUT2D eigenvalue weighted by atomic mass is 10.1. The van der Waals surface area contributed by atoms with Crippen molar-refractivity contribution >= 4 is 41.7 Å². The molecular formula is C17H37IN4S. The molecule has 1 saturated heterocycles. The third-order valence-electron chi connectivity index (χ3n) is 4.49. The zero-order valence-electron chi connectivity index (χ0n) is 15.9. The first-order chi connectivity index (χ1) is 10.5. The van der Waals surface area contributed by atoms with Gasteiger partial charge in [0.25, 0.3) is 0 Å². The number of rotatable bonds is 8. The standard InChI is InChI=1S/C17H36N4S.HI/c1-7-18-16(19-14-17(4,5)22-6)21-11-10-15(13-21)12-20(8-2)9-3;/h15H,7-14H2,1-6H3,(H,18,19);1H. The quantitative estimate of drug-likeness (QED) is 0.345. The predicted octanol–water partition coefficient (Wildman–Crippen LogP) is 3.38. The maximum Gasteiger partial charge on any atom is 0.193 e. The Kier molecular flexibility index (Phi) is 12.0. The fourth-order valence-electron chi connectivity index (χ4n) is 2.78. The minimum atomic E-state index is 0. The van der Waals surface area contributed by atoms with Crippen LogP contribution in [0.4, 0.5) is 0 Å². The highest BCUT2D eigenvalue weighted by Gasteiger charge is 2.26. The summed E-state index contributed by atoms with van der Waals surface area (Å²) in [4.78, 5) is 9.88. The highest BCUT2D eigenvalue weighted by molar-refractivity contribution is 14.0. The maximum atomic E-state index is 4.89. The van der Waals surface area contributed by atoms with E-state index in [1.807, 2.05) is 11.8 Å². The summed E-state index contributed by atoms with van der Waals surface area (Å²) in [5, 5.41) is 3.48. The van der Waals surface area contributed by atoms with Crippen LogP contribution in [-0.4, -0.2) is 72.6 Å². The third kappa shape index (κ3) is 8.29. The molecule has 0 spiro atoms. The minimum absolute atomic E-state index is 0. The molecule has 1 fully saturated rings. The van der Waals surface area contributed by atoms with E-state index in [9.17, 15) is 0 Å². The number of nitrogens with one attached hydrogen (secondary N) is 1. The predicted molar refractivity (Wildman–Crippen MR) is 116 cm³/mol. The molecule has 0 radical (unpaired) electrons. The molecule has 1 atom stereocenters. The average molecular weight is 456 g/mol. The van der Waals surface area contributed by atoms with Crippen molar-refractivity contribution in [3.63, 3.8) is 0 Å². The van der Waals surface area contributed by atoms with Crippen LogP contribution in [0, 0.1) is 5.92 Å². The summed E-state index contributed by atoms with van der Waals surface area (Å²) in [5.74, 6) is 1.88. The highest BCUT2D eigenvalue weighted by Crippen LogP contribution is 2.22. The number of thioether (sulfide) groups is 1. The largest absolute Gasteiger partial charge is 0.357 e. The van der Waals surface area contributed by atoms with Crippen LogP contribution in [0.15, 0.2) is 4.99 Å². The Morgan fingerprint density at radius 1 is 1.30 bits per heavy atom. The van der Waals surface area contributed by atoms with Gasteiger partial charge < -0.3 is 15.1 Å². The first kappa shape index (κ1) is 23.3. The summed E-state index contributed by atoms with van der Waals surface area (Å²) in [7, 11) is 0. The second kappa shape index (κ2) is 11.8. The summed E-state index contributed by atoms with van der Waals surface area (Å²) in [6.45, 7) is 18.8. The van der Waals surface area contributed by atoms with Crippen LogP contribution in [0.5, 0.6) is 0 Å². The molecule has 6 heteroatoms. The first-order valence-electron chi connectivity index (χ1n) is 8.76. The van der Waals surface area contributed by atoms with E-state index < -0.39 is 0 Å². The van der Waals surface area contributed by atoms with Crippen molar-refractivity contribution in [1.82, 2.24) is 15.1 Å². The molecule has 0 bridgehead atoms. The van der Waals surface area contributed by atoms with Gasteiger partial charge in [0.05, 0.1) is 6.54 Å². The van der Waals surface area contributed by atoms with E-state index in [-0.39, 0.29) is 28.7 Å². The molecule has 0 amide bonds. The van der Waals surface area contributed by atoms with Crippen molar-refractivity contribution < 1.29 is 0 Å². The Labute approximate surface area is 165 Å². The van der Waals surface area contributed by atoms with Gasteiger partial charge in [-0.1, -0.05) is 13.8 Å². The summed E-state index contributed by atoms with van der Waals surface area (Å²) in [6, 6.07) is 0. The molecule has 138 valence electrons. The molecule has 1 aliphatic rings. The van der Waals surface area contributed by atoms with Crippen LogP contribution in [0.25, 0.3) is 0 Å². The van der Waals surface area contributed by atoms with Crippen molar-refractivity contribution in [2.24, 2.45) is 10.9 Å².